The summed E-state index contributed by atoms with van der Waals surface area (Å²) in [6.45, 7) is 0. The number of alkyl halides is 6. The van der Waals surface area contributed by atoms with Crippen LogP contribution in [0.4, 0.5) is 26.3 Å². The zero-order chi connectivity index (χ0) is 14.0. The van der Waals surface area contributed by atoms with E-state index >= 15 is 0 Å². The van der Waals surface area contributed by atoms with E-state index in [1.165, 1.54) is 0 Å². The van der Waals surface area contributed by atoms with Crippen molar-refractivity contribution in [3.05, 3.63) is 7.43 Å². The molecule has 0 spiro atoms. The molecule has 111 valence electrons. The predicted molar refractivity (Wildman–Crippen MR) is 41.6 cm³/mol. The molecule has 0 saturated heterocycles. The Morgan fingerprint density at radius 1 is 0.667 bits per heavy atom. The molecule has 0 aliphatic carbocycles. The van der Waals surface area contributed by atoms with Gasteiger partial charge >= 0.3 is 31.3 Å². The first kappa shape index (κ1) is 27.0. The summed E-state index contributed by atoms with van der Waals surface area (Å²) in [7, 11) is -11.7. The fourth-order valence-electron chi connectivity index (χ4n) is 0. The molecule has 1 radical (unpaired) electrons. The molecule has 18 heavy (non-hydrogen) atoms. The first-order chi connectivity index (χ1) is 6.50. The number of hydrogen-bond donors (Lipinski definition) is 2. The molecule has 0 aliphatic heterocycles. The summed E-state index contributed by atoms with van der Waals surface area (Å²) in [5.41, 5.74) is -11.1. The summed E-state index contributed by atoms with van der Waals surface area (Å²) >= 11 is 0. The second kappa shape index (κ2) is 8.01. The van der Waals surface area contributed by atoms with E-state index in [4.69, 9.17) is 25.9 Å². The molecule has 0 aromatic carbocycles. The molecule has 2 N–H and O–H groups in total. The van der Waals surface area contributed by atoms with Crippen LogP contribution in [0.25, 0.3) is 0 Å². The molecule has 0 unspecified atom stereocenters. The molecule has 0 aromatic heterocycles. The smallest absolute Gasteiger partial charge is 0.358 e. The zero-order valence-electron chi connectivity index (χ0n) is 8.19. The molecule has 0 rings (SSSR count). The quantitative estimate of drug-likeness (QED) is 0.247. The van der Waals surface area contributed by atoms with Gasteiger partial charge in [-0.1, -0.05) is 0 Å². The summed E-state index contributed by atoms with van der Waals surface area (Å²) in [6.07, 6.45) is 0. The van der Waals surface area contributed by atoms with E-state index in [9.17, 15) is 26.3 Å². The number of rotatable bonds is 0. The van der Waals surface area contributed by atoms with Gasteiger partial charge in [-0.2, -0.15) is 43.2 Å². The van der Waals surface area contributed by atoms with Gasteiger partial charge in [-0.25, -0.2) is 0 Å². The number of halogens is 6. The summed E-state index contributed by atoms with van der Waals surface area (Å²) in [6, 6.07) is 0. The van der Waals surface area contributed by atoms with Crippen LogP contribution in [0.15, 0.2) is 0 Å². The van der Waals surface area contributed by atoms with Crippen LogP contribution in [-0.4, -0.2) is 37.0 Å². The van der Waals surface area contributed by atoms with Crippen molar-refractivity contribution in [2.45, 2.75) is 11.0 Å². The van der Waals surface area contributed by atoms with Gasteiger partial charge in [-0.3, -0.25) is 9.11 Å². The van der Waals surface area contributed by atoms with E-state index < -0.39 is 31.3 Å². The summed E-state index contributed by atoms with van der Waals surface area (Å²) in [4.78, 5) is 0. The zero-order valence-corrected chi connectivity index (χ0v) is 13.4. The maximum absolute atomic E-state index is 10.7. The molecule has 0 amide bonds. The van der Waals surface area contributed by atoms with Crippen molar-refractivity contribution in [2.75, 3.05) is 0 Å². The van der Waals surface area contributed by atoms with Crippen molar-refractivity contribution in [2.24, 2.45) is 0 Å². The average molecular weight is 454 g/mol. The molecule has 0 atom stereocenters. The first-order valence-electron chi connectivity index (χ1n) is 2.57. The van der Waals surface area contributed by atoms with Gasteiger partial charge < -0.3 is 7.43 Å². The van der Waals surface area contributed by atoms with Crippen molar-refractivity contribution in [1.82, 2.24) is 0 Å². The number of hydrogen-bond acceptors (Lipinski definition) is 4. The molecule has 0 aromatic rings. The summed E-state index contributed by atoms with van der Waals surface area (Å²) in [5.74, 6) is 0. The van der Waals surface area contributed by atoms with Crippen molar-refractivity contribution >= 4 is 20.2 Å². The average Bonchev–Trinajstić information content (AvgIpc) is 1.77. The topological polar surface area (TPSA) is 109 Å². The Kier molecular flexibility index (Phi) is 12.0. The summed E-state index contributed by atoms with van der Waals surface area (Å²) in [5, 5.41) is 0. The molecule has 15 heteroatoms. The van der Waals surface area contributed by atoms with E-state index in [0.717, 1.165) is 0 Å². The van der Waals surface area contributed by atoms with Crippen molar-refractivity contribution in [1.29, 1.82) is 0 Å². The van der Waals surface area contributed by atoms with Gasteiger partial charge in [0.25, 0.3) is 0 Å². The Hall–Kier alpha value is 0.595. The van der Waals surface area contributed by atoms with Crippen molar-refractivity contribution in [3.63, 3.8) is 0 Å². The van der Waals surface area contributed by atoms with Gasteiger partial charge in [-0.15, -0.1) is 0 Å². The monoisotopic (exact) mass is 454 g/mol. The van der Waals surface area contributed by atoms with Crippen LogP contribution in [0.2, 0.25) is 0 Å². The summed E-state index contributed by atoms with van der Waals surface area (Å²) < 4.78 is 115. The minimum Gasteiger partial charge on any atom is -0.358 e. The van der Waals surface area contributed by atoms with Crippen LogP contribution < -0.4 is 0 Å². The standard InChI is InChI=1S/2CHF3O3S.CH3.La/c2*2-1(3,4)8(5,6)7;;/h2*(H,5,6,7);1H3;/q;;-1;. The predicted octanol–water partition coefficient (Wildman–Crippen LogP) is 1.24. The third-order valence-corrected chi connectivity index (χ3v) is 1.75. The van der Waals surface area contributed by atoms with Gasteiger partial charge in [0.05, 0.1) is 0 Å². The van der Waals surface area contributed by atoms with Crippen LogP contribution in [0.1, 0.15) is 0 Å². The largest absolute Gasteiger partial charge is 0.522 e. The minimum atomic E-state index is -5.84. The molecule has 0 heterocycles. The SMILES string of the molecule is O=S(=O)(O)C(F)(F)F.O=S(=O)(O)C(F)(F)F.[CH3-].[La]. The Morgan fingerprint density at radius 3 is 0.722 bits per heavy atom. The van der Waals surface area contributed by atoms with Crippen LogP contribution in [0, 0.1) is 43.0 Å². The van der Waals surface area contributed by atoms with Gasteiger partial charge in [0.1, 0.15) is 0 Å². The first-order valence-corrected chi connectivity index (χ1v) is 5.45. The second-order valence-electron chi connectivity index (χ2n) is 1.84. The third kappa shape index (κ3) is 11.7. The van der Waals surface area contributed by atoms with E-state index in [2.05, 4.69) is 0 Å². The Morgan fingerprint density at radius 2 is 0.722 bits per heavy atom. The van der Waals surface area contributed by atoms with E-state index in [0.29, 0.717) is 0 Å². The molecule has 0 bridgehead atoms. The van der Waals surface area contributed by atoms with Crippen LogP contribution >= 0.6 is 0 Å². The second-order valence-corrected chi connectivity index (χ2v) is 4.67. The van der Waals surface area contributed by atoms with E-state index in [1.54, 1.807) is 0 Å². The Bertz CT molecular complexity index is 377. The maximum atomic E-state index is 10.7. The third-order valence-electron chi connectivity index (χ3n) is 0.585. The molecular formula is C3H5F6LaO6S2-. The molecule has 0 fully saturated rings. The van der Waals surface area contributed by atoms with E-state index in [1.807, 2.05) is 0 Å². The van der Waals surface area contributed by atoms with Crippen LogP contribution in [-0.2, 0) is 20.2 Å². The molecular weight excluding hydrogens is 449 g/mol. The van der Waals surface area contributed by atoms with Crippen molar-refractivity contribution < 1.29 is 87.9 Å². The van der Waals surface area contributed by atoms with Gasteiger partial charge in [0.15, 0.2) is 0 Å². The van der Waals surface area contributed by atoms with Crippen molar-refractivity contribution in [3.8, 4) is 0 Å². The van der Waals surface area contributed by atoms with Gasteiger partial charge in [0, 0.05) is 35.6 Å². The maximum Gasteiger partial charge on any atom is 0.522 e. The van der Waals surface area contributed by atoms with E-state index in [-0.39, 0.29) is 43.0 Å². The van der Waals surface area contributed by atoms with Gasteiger partial charge in [0.2, 0.25) is 0 Å². The Labute approximate surface area is 126 Å². The minimum absolute atomic E-state index is 0. The Balaban J connectivity index is -0.0000000980. The van der Waals surface area contributed by atoms with Crippen LogP contribution in [0.3, 0.4) is 0 Å². The normalized spacial score (nSPS) is 12.4. The fourth-order valence-corrected chi connectivity index (χ4v) is 0. The van der Waals surface area contributed by atoms with Crippen LogP contribution in [0.5, 0.6) is 0 Å². The van der Waals surface area contributed by atoms with Gasteiger partial charge in [-0.05, 0) is 0 Å². The molecule has 6 nitrogen and oxygen atoms in total. The molecule has 0 saturated carbocycles. The fraction of sp³-hybridized carbons (Fsp3) is 0.667. The molecule has 0 aliphatic rings.